The lowest BCUT2D eigenvalue weighted by Gasteiger charge is -2.24. The van der Waals surface area contributed by atoms with Crippen molar-refractivity contribution in [2.24, 2.45) is 0 Å². The number of amides is 4. The van der Waals surface area contributed by atoms with Crippen LogP contribution >= 0.6 is 15.0 Å². The first-order chi connectivity index (χ1) is 44.9. The zero-order valence-corrected chi connectivity index (χ0v) is 55.4. The molecule has 8 aromatic rings. The van der Waals surface area contributed by atoms with E-state index in [1.54, 1.807) is 105 Å². The molecule has 27 heteroatoms. The highest BCUT2D eigenvalue weighted by atomic mass is 31.2. The van der Waals surface area contributed by atoms with Crippen LogP contribution in [0.5, 0.6) is 34.5 Å². The number of nitrogens with zero attached hydrogens (tertiary/aromatic N) is 4. The zero-order valence-electron chi connectivity index (χ0n) is 52.6. The van der Waals surface area contributed by atoms with Gasteiger partial charge >= 0.3 is 27.0 Å². The summed E-state index contributed by atoms with van der Waals surface area (Å²) in [6.07, 6.45) is 2.49. The molecule has 10 rings (SSSR count). The second-order valence-corrected chi connectivity index (χ2v) is 33.0. The topological polar surface area (TPSA) is 278 Å². The minimum absolute atomic E-state index is 0. The summed E-state index contributed by atoms with van der Waals surface area (Å²) in [5.41, 5.74) is 0.958. The van der Waals surface area contributed by atoms with E-state index < -0.39 is 88.1 Å². The molecule has 95 heavy (non-hydrogen) atoms. The summed E-state index contributed by atoms with van der Waals surface area (Å²) in [6.45, 7) is 12.7. The Kier molecular flexibility index (Phi) is 23.5. The molecule has 500 valence electrons. The van der Waals surface area contributed by atoms with Crippen LogP contribution in [0.1, 0.15) is 87.7 Å². The molecule has 22 nitrogen and oxygen atoms in total. The third kappa shape index (κ3) is 17.1. The van der Waals surface area contributed by atoms with Crippen LogP contribution in [0, 0.1) is 11.6 Å². The Labute approximate surface area is 549 Å². The maximum atomic E-state index is 14.2. The number of nitrogens with one attached hydrogen (secondary N) is 2. The molecule has 0 bridgehead atoms. The van der Waals surface area contributed by atoms with Gasteiger partial charge in [-0.1, -0.05) is 87.7 Å². The van der Waals surface area contributed by atoms with Gasteiger partial charge in [0.1, 0.15) is 68.9 Å². The van der Waals surface area contributed by atoms with E-state index in [2.05, 4.69) is 39.8 Å². The van der Waals surface area contributed by atoms with E-state index in [0.29, 0.717) is 34.4 Å². The summed E-state index contributed by atoms with van der Waals surface area (Å²) in [5, 5.41) is 17.2. The first-order valence-corrected chi connectivity index (χ1v) is 37.5. The van der Waals surface area contributed by atoms with Crippen LogP contribution in [0.2, 0.25) is 25.7 Å². The first kappa shape index (κ1) is 71.5. The number of pyridine rings is 2. The largest absolute Gasteiger partial charge is 0.505 e. The molecule has 2 unspecified atom stereocenters. The molecule has 2 aromatic heterocycles. The molecule has 0 saturated heterocycles. The molecule has 0 radical (unpaired) electrons. The lowest BCUT2D eigenvalue weighted by Crippen LogP contribution is -2.35. The highest BCUT2D eigenvalue weighted by molar-refractivity contribution is 7.57. The molecule has 4 atom stereocenters. The van der Waals surface area contributed by atoms with Crippen molar-refractivity contribution >= 4 is 80.5 Å². The second kappa shape index (κ2) is 31.2. The normalized spacial score (nSPS) is 14.5. The summed E-state index contributed by atoms with van der Waals surface area (Å²) in [5.74, 6) is -4.52. The van der Waals surface area contributed by atoms with Gasteiger partial charge in [-0.3, -0.25) is 57.7 Å². The fourth-order valence-electron chi connectivity index (χ4n) is 10.1. The fraction of sp³-hybridized carbons (Fsp3) is 0.294. The molecular formula is C68H74F2N6O16P2Si. The van der Waals surface area contributed by atoms with Gasteiger partial charge in [-0.25, -0.2) is 19.0 Å². The van der Waals surface area contributed by atoms with Crippen molar-refractivity contribution in [3.63, 3.8) is 0 Å². The van der Waals surface area contributed by atoms with Gasteiger partial charge in [0.2, 0.25) is 0 Å². The lowest BCUT2D eigenvalue weighted by atomic mass is 10.0. The van der Waals surface area contributed by atoms with Gasteiger partial charge in [0, 0.05) is 31.2 Å². The fourth-order valence-corrected chi connectivity index (χ4v) is 14.4. The summed E-state index contributed by atoms with van der Waals surface area (Å²) in [7, 11) is -9.19. The number of benzene rings is 6. The number of aromatic hydroxyl groups is 1. The number of hydrogen-bond acceptors (Lipinski definition) is 18. The SMILES string of the molecule is C.CCOC(=O)[C@@H](C)NP(=O)(CCOc1c2c(c(O)c3ncccc13)C(=O)N(Cc1ccc(F)cc1)C2=O)Oc1ccccc1.CCOC(=O)[C@@H](C)NP(=O)(CCOc1c2c(c(OCC[Si](C)(C)C)c3ncccc13)C(=O)N(Cc1ccc(F)cc1)C2=O)Oc1ccccc1. The van der Waals surface area contributed by atoms with E-state index in [9.17, 15) is 51.8 Å². The Hall–Kier alpha value is -9.38. The van der Waals surface area contributed by atoms with Crippen LogP contribution in [-0.2, 0) is 41.3 Å². The van der Waals surface area contributed by atoms with Crippen molar-refractivity contribution < 1.29 is 84.5 Å². The van der Waals surface area contributed by atoms with E-state index in [1.165, 1.54) is 68.6 Å². The zero-order chi connectivity index (χ0) is 67.5. The number of phenolic OH excluding ortho intramolecular Hbond substituents is 1. The van der Waals surface area contributed by atoms with E-state index in [-0.39, 0.29) is 115 Å². The molecule has 2 aliphatic heterocycles. The average molecular weight is 1360 g/mol. The number of aromatic nitrogens is 2. The highest BCUT2D eigenvalue weighted by Crippen LogP contribution is 2.49. The monoisotopic (exact) mass is 1360 g/mol. The maximum Gasteiger partial charge on any atom is 0.323 e. The summed E-state index contributed by atoms with van der Waals surface area (Å²) in [6, 6.07) is 33.1. The lowest BCUT2D eigenvalue weighted by molar-refractivity contribution is -0.145. The number of ether oxygens (including phenoxy) is 5. The van der Waals surface area contributed by atoms with Crippen molar-refractivity contribution in [3.05, 3.63) is 191 Å². The Bertz CT molecular complexity index is 4230. The average Bonchev–Trinajstić information content (AvgIpc) is 1.61. The van der Waals surface area contributed by atoms with Crippen LogP contribution in [-0.4, -0.2) is 126 Å². The number of carbonyl (C=O) groups excluding carboxylic acids is 6. The van der Waals surface area contributed by atoms with Gasteiger partial charge in [0.15, 0.2) is 11.5 Å². The molecule has 4 amide bonds. The molecule has 3 N–H and O–H groups in total. The highest BCUT2D eigenvalue weighted by Gasteiger charge is 2.45. The number of carbonyl (C=O) groups is 6. The van der Waals surface area contributed by atoms with Crippen molar-refractivity contribution in [2.45, 2.75) is 86.0 Å². The summed E-state index contributed by atoms with van der Waals surface area (Å²) >= 11 is 0. The van der Waals surface area contributed by atoms with E-state index >= 15 is 0 Å². The number of para-hydroxylation sites is 2. The Morgan fingerprint density at radius 1 is 0.537 bits per heavy atom. The van der Waals surface area contributed by atoms with Gasteiger partial charge < -0.3 is 37.8 Å². The molecule has 0 fully saturated rings. The predicted molar refractivity (Wildman–Crippen MR) is 355 cm³/mol. The van der Waals surface area contributed by atoms with Crippen LogP contribution < -0.4 is 33.4 Å². The third-order valence-corrected chi connectivity index (χ3v) is 20.5. The smallest absolute Gasteiger partial charge is 0.323 e. The number of hydrogen-bond donors (Lipinski definition) is 3. The number of esters is 2. The standard InChI is InChI=1S/C36H41FN3O8PSi.C31H29FN3O8P.CH4/c1-6-45-36(43)24(2)39-49(44,48-27-11-8-7-9-12-27)21-19-46-32-28-13-10-18-38-31(28)33(47-20-22-50(3,4)5)30-29(32)34(41)40(35(30)42)23-25-14-16-26(37)17-15-25;1-3-41-31(39)19(2)34-44(40,43-22-8-5-4-6-9-22)17-16-42-28-23-10-7-15-33-26(23)27(36)24-25(28)30(38)35(29(24)37)18-20-11-13-21(32)14-12-20;/h7-18,24H,6,19-23H2,1-5H3,(H,39,44);4-15,19,36H,3,16-18H2,1-2H3,(H,34,40);1H4/t24-,49?;19-,44?;/m11./s1. The van der Waals surface area contributed by atoms with Gasteiger partial charge in [-0.15, -0.1) is 0 Å². The first-order valence-electron chi connectivity index (χ1n) is 30.2. The van der Waals surface area contributed by atoms with Gasteiger partial charge in [0.05, 0.1) is 69.6 Å². The van der Waals surface area contributed by atoms with Crippen LogP contribution in [0.25, 0.3) is 21.8 Å². The van der Waals surface area contributed by atoms with Crippen molar-refractivity contribution in [3.8, 4) is 34.5 Å². The summed E-state index contributed by atoms with van der Waals surface area (Å²) in [4.78, 5) is 90.8. The molecule has 0 spiro atoms. The third-order valence-electron chi connectivity index (χ3n) is 14.7. The Balaban J connectivity index is 0.000000243. The maximum absolute atomic E-state index is 14.2. The molecule has 4 heterocycles. The van der Waals surface area contributed by atoms with Crippen molar-refractivity contribution in [1.29, 1.82) is 0 Å². The second-order valence-electron chi connectivity index (χ2n) is 22.9. The Morgan fingerprint density at radius 3 is 1.34 bits per heavy atom. The molecule has 6 aromatic carbocycles. The quantitative estimate of drug-likeness (QED) is 0.0178. The van der Waals surface area contributed by atoms with Gasteiger partial charge in [-0.05, 0) is 118 Å². The van der Waals surface area contributed by atoms with Crippen molar-refractivity contribution in [1.82, 2.24) is 29.9 Å². The van der Waals surface area contributed by atoms with E-state index in [0.717, 1.165) is 15.8 Å². The minimum atomic E-state index is -3.83. The van der Waals surface area contributed by atoms with Crippen molar-refractivity contribution in [2.75, 3.05) is 45.4 Å². The van der Waals surface area contributed by atoms with Crippen LogP contribution in [0.3, 0.4) is 0 Å². The number of phenols is 1. The number of rotatable bonds is 28. The predicted octanol–water partition coefficient (Wildman–Crippen LogP) is 12.8. The van der Waals surface area contributed by atoms with Crippen LogP contribution in [0.4, 0.5) is 8.78 Å². The molecule has 2 aliphatic rings. The van der Waals surface area contributed by atoms with Gasteiger partial charge in [-0.2, -0.15) is 0 Å². The van der Waals surface area contributed by atoms with E-state index in [4.69, 9.17) is 32.7 Å². The minimum Gasteiger partial charge on any atom is -0.505 e. The Morgan fingerprint density at radius 2 is 0.916 bits per heavy atom. The van der Waals surface area contributed by atoms with Crippen LogP contribution in [0.15, 0.2) is 146 Å². The molecular weight excluding hydrogens is 1280 g/mol. The number of halogens is 2. The number of imide groups is 2. The molecule has 0 aliphatic carbocycles. The molecule has 0 saturated carbocycles. The summed E-state index contributed by atoms with van der Waals surface area (Å²) < 4.78 is 95.8. The van der Waals surface area contributed by atoms with Gasteiger partial charge in [0.25, 0.3) is 23.6 Å². The van der Waals surface area contributed by atoms with E-state index in [1.807, 2.05) is 0 Å². The number of fused-ring (bicyclic) bond motifs is 4.